The Morgan fingerprint density at radius 2 is 1.48 bits per heavy atom. The molecule has 9 nitrogen and oxygen atoms in total. The highest BCUT2D eigenvalue weighted by Gasteiger charge is 2.24. The van der Waals surface area contributed by atoms with Crippen LogP contribution >= 0.6 is 0 Å². The largest absolute Gasteiger partial charge is 0.420 e. The number of hydrogen-bond acceptors (Lipinski definition) is 7. The van der Waals surface area contributed by atoms with Crippen LogP contribution < -0.4 is 15.6 Å². The molecule has 0 unspecified atom stereocenters. The summed E-state index contributed by atoms with van der Waals surface area (Å²) in [5.74, 6) is 1.19. The van der Waals surface area contributed by atoms with Crippen LogP contribution in [0.5, 0.6) is 0 Å². The Labute approximate surface area is 179 Å². The number of carbonyl (C=O) groups excluding carboxylic acids is 1. The van der Waals surface area contributed by atoms with Gasteiger partial charge in [0, 0.05) is 39.3 Å². The van der Waals surface area contributed by atoms with Crippen molar-refractivity contribution in [3.05, 3.63) is 46.9 Å². The number of oxazole rings is 1. The molecule has 0 atom stereocenters. The Morgan fingerprint density at radius 3 is 2.16 bits per heavy atom. The number of hydrogen-bond donors (Lipinski definition) is 0. The Balaban J connectivity index is 1.19. The maximum absolute atomic E-state index is 12.8. The maximum atomic E-state index is 12.8. The second kappa shape index (κ2) is 8.41. The number of benzene rings is 1. The van der Waals surface area contributed by atoms with Crippen molar-refractivity contribution in [2.24, 2.45) is 0 Å². The zero-order valence-corrected chi connectivity index (χ0v) is 17.4. The molecule has 2 aliphatic rings. The fraction of sp³-hybridized carbons (Fsp3) is 0.455. The van der Waals surface area contributed by atoms with Gasteiger partial charge in [0.1, 0.15) is 6.54 Å². The van der Waals surface area contributed by atoms with E-state index in [1.165, 1.54) is 23.8 Å². The van der Waals surface area contributed by atoms with Gasteiger partial charge < -0.3 is 19.1 Å². The molecule has 3 aromatic rings. The first kappa shape index (κ1) is 19.6. The van der Waals surface area contributed by atoms with Gasteiger partial charge in [-0.3, -0.25) is 9.36 Å². The fourth-order valence-corrected chi connectivity index (χ4v) is 4.36. The summed E-state index contributed by atoms with van der Waals surface area (Å²) in [6, 6.07) is 11.2. The van der Waals surface area contributed by atoms with E-state index in [1.54, 1.807) is 23.1 Å². The van der Waals surface area contributed by atoms with Crippen LogP contribution in [0.15, 0.2) is 45.6 Å². The molecule has 2 fully saturated rings. The summed E-state index contributed by atoms with van der Waals surface area (Å²) in [7, 11) is 0. The number of anilines is 2. The predicted octanol–water partition coefficient (Wildman–Crippen LogP) is 1.72. The van der Waals surface area contributed by atoms with Crippen molar-refractivity contribution in [1.29, 1.82) is 0 Å². The summed E-state index contributed by atoms with van der Waals surface area (Å²) in [5, 5.41) is 8.85. The number of fused-ring (bicyclic) bond motifs is 1. The third kappa shape index (κ3) is 3.99. The lowest BCUT2D eigenvalue weighted by Gasteiger charge is -2.35. The fourth-order valence-electron chi connectivity index (χ4n) is 4.36. The van der Waals surface area contributed by atoms with Gasteiger partial charge in [0.15, 0.2) is 17.2 Å². The quantitative estimate of drug-likeness (QED) is 0.633. The van der Waals surface area contributed by atoms with Crippen LogP contribution in [-0.2, 0) is 11.3 Å². The van der Waals surface area contributed by atoms with Crippen molar-refractivity contribution in [2.45, 2.75) is 25.8 Å². The molecule has 1 aromatic carbocycles. The molecule has 0 spiro atoms. The van der Waals surface area contributed by atoms with Crippen molar-refractivity contribution in [3.63, 3.8) is 0 Å². The monoisotopic (exact) mass is 422 g/mol. The number of nitrogens with zero attached hydrogens (tertiary/aromatic N) is 6. The van der Waals surface area contributed by atoms with Gasteiger partial charge in [-0.25, -0.2) is 4.79 Å². The van der Waals surface area contributed by atoms with E-state index in [9.17, 15) is 9.59 Å². The van der Waals surface area contributed by atoms with Gasteiger partial charge in [0.25, 0.3) is 0 Å². The topological polar surface area (TPSA) is 87.7 Å². The average Bonchev–Trinajstić information content (AvgIpc) is 3.15. The average molecular weight is 422 g/mol. The van der Waals surface area contributed by atoms with Gasteiger partial charge in [-0.05, 0) is 43.5 Å². The Morgan fingerprint density at radius 1 is 0.839 bits per heavy atom. The van der Waals surface area contributed by atoms with Crippen molar-refractivity contribution < 1.29 is 9.21 Å². The van der Waals surface area contributed by atoms with E-state index in [4.69, 9.17) is 4.42 Å². The lowest BCUT2D eigenvalue weighted by molar-refractivity contribution is -0.132. The van der Waals surface area contributed by atoms with Crippen molar-refractivity contribution in [3.8, 4) is 0 Å². The normalized spacial score (nSPS) is 17.4. The standard InChI is InChI=1S/C22H26N6O3/c29-21(16-28-17-6-2-3-7-18(17)31-22(28)30)27-14-12-26(13-15-27)20-9-8-19(23-24-20)25-10-4-1-5-11-25/h2-3,6-9H,1,4-5,10-16H2. The molecule has 9 heteroatoms. The van der Waals surface area contributed by atoms with E-state index in [1.807, 2.05) is 18.2 Å². The molecule has 4 heterocycles. The van der Waals surface area contributed by atoms with Crippen LogP contribution in [0, 0.1) is 0 Å². The lowest BCUT2D eigenvalue weighted by Crippen LogP contribution is -2.50. The summed E-state index contributed by atoms with van der Waals surface area (Å²) < 4.78 is 6.62. The lowest BCUT2D eigenvalue weighted by atomic mass is 10.1. The van der Waals surface area contributed by atoms with Gasteiger partial charge in [-0.1, -0.05) is 12.1 Å². The zero-order valence-electron chi connectivity index (χ0n) is 17.4. The molecule has 2 aliphatic heterocycles. The van der Waals surface area contributed by atoms with Crippen LogP contribution in [0.25, 0.3) is 11.1 Å². The first-order chi connectivity index (χ1) is 15.2. The summed E-state index contributed by atoms with van der Waals surface area (Å²) in [4.78, 5) is 31.2. The number of para-hydroxylation sites is 2. The molecule has 2 aromatic heterocycles. The van der Waals surface area contributed by atoms with Gasteiger partial charge in [-0.2, -0.15) is 0 Å². The molecule has 162 valence electrons. The third-order valence-electron chi connectivity index (χ3n) is 6.14. The first-order valence-corrected chi connectivity index (χ1v) is 10.9. The Hall–Kier alpha value is -3.36. The second-order valence-corrected chi connectivity index (χ2v) is 8.09. The summed E-state index contributed by atoms with van der Waals surface area (Å²) in [6.07, 6.45) is 3.71. The molecule has 31 heavy (non-hydrogen) atoms. The SMILES string of the molecule is O=C(Cn1c(=O)oc2ccccc21)N1CCN(c2ccc(N3CCCCC3)nn2)CC1. The predicted molar refractivity (Wildman–Crippen MR) is 117 cm³/mol. The molecule has 2 saturated heterocycles. The summed E-state index contributed by atoms with van der Waals surface area (Å²) >= 11 is 0. The van der Waals surface area contributed by atoms with E-state index in [0.29, 0.717) is 37.3 Å². The zero-order chi connectivity index (χ0) is 21.2. The van der Waals surface area contributed by atoms with E-state index in [-0.39, 0.29) is 12.5 Å². The number of rotatable bonds is 4. The molecule has 0 N–H and O–H groups in total. The number of piperazine rings is 1. The van der Waals surface area contributed by atoms with E-state index in [0.717, 1.165) is 24.7 Å². The number of amides is 1. The maximum Gasteiger partial charge on any atom is 0.420 e. The third-order valence-corrected chi connectivity index (χ3v) is 6.14. The highest BCUT2D eigenvalue weighted by molar-refractivity contribution is 5.79. The molecule has 5 rings (SSSR count). The van der Waals surface area contributed by atoms with Gasteiger partial charge in [0.2, 0.25) is 5.91 Å². The van der Waals surface area contributed by atoms with Crippen LogP contribution in [0.2, 0.25) is 0 Å². The highest BCUT2D eigenvalue weighted by atomic mass is 16.4. The Bertz CT molecular complexity index is 1110. The van der Waals surface area contributed by atoms with Crippen molar-refractivity contribution in [2.75, 3.05) is 49.1 Å². The molecular weight excluding hydrogens is 396 g/mol. The van der Waals surface area contributed by atoms with E-state index < -0.39 is 5.76 Å². The molecule has 0 radical (unpaired) electrons. The van der Waals surface area contributed by atoms with Crippen molar-refractivity contribution in [1.82, 2.24) is 19.7 Å². The summed E-state index contributed by atoms with van der Waals surface area (Å²) in [5.41, 5.74) is 1.14. The minimum absolute atomic E-state index is 0.0137. The minimum atomic E-state index is -0.503. The van der Waals surface area contributed by atoms with Crippen LogP contribution in [0.3, 0.4) is 0 Å². The van der Waals surface area contributed by atoms with Gasteiger partial charge in [-0.15, -0.1) is 10.2 Å². The summed E-state index contributed by atoms with van der Waals surface area (Å²) in [6.45, 7) is 4.61. The number of aromatic nitrogens is 3. The molecule has 0 saturated carbocycles. The molecule has 0 bridgehead atoms. The Kier molecular flexibility index (Phi) is 5.31. The van der Waals surface area contributed by atoms with E-state index in [2.05, 4.69) is 20.0 Å². The van der Waals surface area contributed by atoms with Gasteiger partial charge in [0.05, 0.1) is 5.52 Å². The second-order valence-electron chi connectivity index (χ2n) is 8.09. The molecular formula is C22H26N6O3. The molecule has 0 aliphatic carbocycles. The smallest absolute Gasteiger partial charge is 0.408 e. The molecule has 1 amide bonds. The van der Waals surface area contributed by atoms with Crippen LogP contribution in [0.4, 0.5) is 11.6 Å². The van der Waals surface area contributed by atoms with Crippen LogP contribution in [-0.4, -0.2) is 64.8 Å². The minimum Gasteiger partial charge on any atom is -0.408 e. The van der Waals surface area contributed by atoms with Crippen LogP contribution in [0.1, 0.15) is 19.3 Å². The van der Waals surface area contributed by atoms with Crippen molar-refractivity contribution >= 4 is 28.6 Å². The first-order valence-electron chi connectivity index (χ1n) is 10.9. The number of piperidine rings is 1. The van der Waals surface area contributed by atoms with E-state index >= 15 is 0 Å². The number of carbonyl (C=O) groups is 1. The highest BCUT2D eigenvalue weighted by Crippen LogP contribution is 2.20. The van der Waals surface area contributed by atoms with Gasteiger partial charge >= 0.3 is 5.76 Å².